The number of piperazine rings is 1. The number of urea groups is 1. The zero-order valence-corrected chi connectivity index (χ0v) is 21.8. The summed E-state index contributed by atoms with van der Waals surface area (Å²) in [4.78, 5) is 33.0. The Morgan fingerprint density at radius 1 is 1.11 bits per heavy atom. The highest BCUT2D eigenvalue weighted by Crippen LogP contribution is 2.37. The maximum Gasteiger partial charge on any atom is 0.321 e. The Bertz CT molecular complexity index is 1110. The number of hydrogen-bond acceptors (Lipinski definition) is 5. The summed E-state index contributed by atoms with van der Waals surface area (Å²) >= 11 is 0. The summed E-state index contributed by atoms with van der Waals surface area (Å²) < 4.78 is 5.52. The topological polar surface area (TPSA) is 93.8 Å². The molecule has 0 spiro atoms. The van der Waals surface area contributed by atoms with Crippen molar-refractivity contribution < 1.29 is 14.3 Å². The molecular formula is C27H38N6O3. The number of aromatic nitrogens is 2. The van der Waals surface area contributed by atoms with E-state index in [1.807, 2.05) is 41.8 Å². The highest BCUT2D eigenvalue weighted by molar-refractivity contribution is 6.04. The second-order valence-electron chi connectivity index (χ2n) is 10.7. The number of benzene rings is 1. The molecule has 9 nitrogen and oxygen atoms in total. The van der Waals surface area contributed by atoms with Crippen molar-refractivity contribution in [1.82, 2.24) is 24.9 Å². The third kappa shape index (κ3) is 4.86. The van der Waals surface area contributed by atoms with Crippen LogP contribution in [-0.2, 0) is 11.3 Å². The molecule has 3 amide bonds. The molecule has 3 atom stereocenters. The minimum atomic E-state index is -0.200. The van der Waals surface area contributed by atoms with E-state index in [9.17, 15) is 9.59 Å². The zero-order valence-electron chi connectivity index (χ0n) is 21.8. The molecule has 0 aliphatic carbocycles. The summed E-state index contributed by atoms with van der Waals surface area (Å²) in [5.41, 5.74) is 3.39. The smallest absolute Gasteiger partial charge is 0.321 e. The van der Waals surface area contributed by atoms with E-state index in [2.05, 4.69) is 34.3 Å². The quantitative estimate of drug-likeness (QED) is 0.675. The van der Waals surface area contributed by atoms with Crippen molar-refractivity contribution in [2.45, 2.75) is 65.2 Å². The summed E-state index contributed by atoms with van der Waals surface area (Å²) in [6.45, 7) is 13.2. The van der Waals surface area contributed by atoms with Gasteiger partial charge in [0.2, 0.25) is 0 Å². The minimum absolute atomic E-state index is 0.0492. The Labute approximate surface area is 213 Å². The molecule has 194 valence electrons. The van der Waals surface area contributed by atoms with Crippen molar-refractivity contribution in [3.8, 4) is 0 Å². The van der Waals surface area contributed by atoms with E-state index in [1.54, 1.807) is 6.07 Å². The van der Waals surface area contributed by atoms with E-state index in [1.165, 1.54) is 0 Å². The Morgan fingerprint density at radius 3 is 2.64 bits per heavy atom. The molecule has 0 radical (unpaired) electrons. The predicted molar refractivity (Wildman–Crippen MR) is 138 cm³/mol. The molecule has 2 saturated heterocycles. The van der Waals surface area contributed by atoms with Crippen molar-refractivity contribution in [1.29, 1.82) is 0 Å². The number of carbonyl (C=O) groups is 2. The van der Waals surface area contributed by atoms with E-state index in [-0.39, 0.29) is 24.0 Å². The van der Waals surface area contributed by atoms with Crippen molar-refractivity contribution in [2.75, 3.05) is 38.2 Å². The molecule has 0 bridgehead atoms. The number of nitrogens with one attached hydrogen (secondary N) is 2. The first kappa shape index (κ1) is 24.8. The Hall–Kier alpha value is -2.91. The lowest BCUT2D eigenvalue weighted by Crippen LogP contribution is -2.60. The standard InChI is InChI=1S/C27H38N6O3/c1-17-6-5-7-22(12-17)26(34)28-25-23-16-33(20(4)24(23)29-30-25)27(35)32-14-18(2)31(13-19(32)3)15-21-8-10-36-11-9-21/h5-7,12,18-21H,8-11,13-16H2,1-4H3,(H2,28,29,30,34)/t18?,19-,20?/m0/s1. The summed E-state index contributed by atoms with van der Waals surface area (Å²) in [6, 6.07) is 7.84. The normalized spacial score (nSPS) is 25.2. The van der Waals surface area contributed by atoms with Crippen LogP contribution in [0.3, 0.4) is 0 Å². The van der Waals surface area contributed by atoms with Crippen LogP contribution in [-0.4, -0.2) is 81.8 Å². The molecular weight excluding hydrogens is 456 g/mol. The third-order valence-electron chi connectivity index (χ3n) is 8.07. The summed E-state index contributed by atoms with van der Waals surface area (Å²) in [5.74, 6) is 0.982. The summed E-state index contributed by atoms with van der Waals surface area (Å²) in [7, 11) is 0. The number of carbonyl (C=O) groups excluding carboxylic acids is 2. The molecule has 2 aromatic rings. The lowest BCUT2D eigenvalue weighted by molar-refractivity contribution is 0.0127. The number of hydrogen-bond donors (Lipinski definition) is 2. The van der Waals surface area contributed by atoms with E-state index < -0.39 is 0 Å². The molecule has 1 aromatic carbocycles. The van der Waals surface area contributed by atoms with Crippen LogP contribution in [0.1, 0.15) is 66.8 Å². The predicted octanol–water partition coefficient (Wildman–Crippen LogP) is 3.79. The van der Waals surface area contributed by atoms with E-state index >= 15 is 0 Å². The van der Waals surface area contributed by atoms with Gasteiger partial charge in [-0.1, -0.05) is 17.7 Å². The Balaban J connectivity index is 1.23. The lowest BCUT2D eigenvalue weighted by atomic mass is 9.97. The summed E-state index contributed by atoms with van der Waals surface area (Å²) in [5, 5.41) is 10.4. The molecule has 2 unspecified atom stereocenters. The van der Waals surface area contributed by atoms with Crippen molar-refractivity contribution in [2.24, 2.45) is 5.92 Å². The number of aromatic amines is 1. The highest BCUT2D eigenvalue weighted by Gasteiger charge is 2.41. The molecule has 0 saturated carbocycles. The second-order valence-corrected chi connectivity index (χ2v) is 10.7. The molecule has 5 rings (SSSR count). The van der Waals surface area contributed by atoms with E-state index in [0.717, 1.165) is 62.5 Å². The van der Waals surface area contributed by atoms with Gasteiger partial charge in [0.05, 0.1) is 18.3 Å². The average Bonchev–Trinajstić information content (AvgIpc) is 3.41. The summed E-state index contributed by atoms with van der Waals surface area (Å²) in [6.07, 6.45) is 2.25. The molecule has 1 aromatic heterocycles. The van der Waals surface area contributed by atoms with Gasteiger partial charge in [0, 0.05) is 56.1 Å². The number of anilines is 1. The van der Waals surface area contributed by atoms with E-state index in [4.69, 9.17) is 4.74 Å². The largest absolute Gasteiger partial charge is 0.381 e. The number of aryl methyl sites for hydroxylation is 1. The van der Waals surface area contributed by atoms with Crippen molar-refractivity contribution in [3.63, 3.8) is 0 Å². The number of rotatable bonds is 4. The fourth-order valence-electron chi connectivity index (χ4n) is 5.79. The molecule has 2 N–H and O–H groups in total. The Kier molecular flexibility index (Phi) is 7.03. The van der Waals surface area contributed by atoms with E-state index in [0.29, 0.717) is 29.9 Å². The average molecular weight is 495 g/mol. The third-order valence-corrected chi connectivity index (χ3v) is 8.07. The van der Waals surface area contributed by atoms with Gasteiger partial charge in [0.25, 0.3) is 5.91 Å². The van der Waals surface area contributed by atoms with Gasteiger partial charge in [-0.3, -0.25) is 14.8 Å². The fourth-order valence-corrected chi connectivity index (χ4v) is 5.79. The number of fused-ring (bicyclic) bond motifs is 1. The first-order valence-electron chi connectivity index (χ1n) is 13.2. The molecule has 4 heterocycles. The van der Waals surface area contributed by atoms with Crippen LogP contribution in [0.15, 0.2) is 24.3 Å². The highest BCUT2D eigenvalue weighted by atomic mass is 16.5. The van der Waals surface area contributed by atoms with Gasteiger partial charge in [-0.15, -0.1) is 0 Å². The molecule has 36 heavy (non-hydrogen) atoms. The first-order valence-corrected chi connectivity index (χ1v) is 13.2. The van der Waals surface area contributed by atoms with Gasteiger partial charge in [0.1, 0.15) is 0 Å². The first-order chi connectivity index (χ1) is 17.3. The molecule has 2 fully saturated rings. The van der Waals surface area contributed by atoms with Gasteiger partial charge >= 0.3 is 6.03 Å². The second kappa shape index (κ2) is 10.2. The number of H-pyrrole nitrogens is 1. The number of ether oxygens (including phenoxy) is 1. The SMILES string of the molecule is Cc1cccc(C(=O)Nc2n[nH]c3c2CN(C(=O)N2CC(C)N(CC4CCOCC4)C[C@@H]2C)C3C)c1. The fraction of sp³-hybridized carbons (Fsp3) is 0.593. The molecule has 9 heteroatoms. The van der Waals surface area contributed by atoms with Gasteiger partial charge < -0.3 is 19.9 Å². The monoisotopic (exact) mass is 494 g/mol. The maximum atomic E-state index is 13.7. The maximum absolute atomic E-state index is 13.7. The zero-order chi connectivity index (χ0) is 25.4. The van der Waals surface area contributed by atoms with Crippen LogP contribution >= 0.6 is 0 Å². The lowest BCUT2D eigenvalue weighted by Gasteiger charge is -2.46. The number of nitrogens with zero attached hydrogens (tertiary/aromatic N) is 4. The van der Waals surface area contributed by atoms with Crippen LogP contribution in [0.5, 0.6) is 0 Å². The van der Waals surface area contributed by atoms with Crippen LogP contribution in [0.2, 0.25) is 0 Å². The van der Waals surface area contributed by atoms with Crippen LogP contribution in [0, 0.1) is 12.8 Å². The van der Waals surface area contributed by atoms with Gasteiger partial charge in [-0.25, -0.2) is 4.79 Å². The Morgan fingerprint density at radius 2 is 1.89 bits per heavy atom. The number of amides is 3. The molecule has 3 aliphatic heterocycles. The molecule has 3 aliphatic rings. The van der Waals surface area contributed by atoms with Crippen LogP contribution < -0.4 is 5.32 Å². The van der Waals surface area contributed by atoms with Crippen LogP contribution in [0.25, 0.3) is 0 Å². The van der Waals surface area contributed by atoms with Crippen LogP contribution in [0.4, 0.5) is 10.6 Å². The van der Waals surface area contributed by atoms with Gasteiger partial charge in [0.15, 0.2) is 5.82 Å². The van der Waals surface area contributed by atoms with Gasteiger partial charge in [-0.05, 0) is 58.6 Å². The minimum Gasteiger partial charge on any atom is -0.381 e. The van der Waals surface area contributed by atoms with Crippen molar-refractivity contribution >= 4 is 17.8 Å². The van der Waals surface area contributed by atoms with Crippen molar-refractivity contribution in [3.05, 3.63) is 46.6 Å². The van der Waals surface area contributed by atoms with Gasteiger partial charge in [-0.2, -0.15) is 5.10 Å².